The van der Waals surface area contributed by atoms with E-state index in [0.29, 0.717) is 11.3 Å². The molecule has 112 valence electrons. The average molecular weight is 287 g/mol. The highest BCUT2D eigenvalue weighted by Crippen LogP contribution is 2.29. The van der Waals surface area contributed by atoms with E-state index < -0.39 is 0 Å². The summed E-state index contributed by atoms with van der Waals surface area (Å²) in [7, 11) is 0. The van der Waals surface area contributed by atoms with E-state index in [-0.39, 0.29) is 17.9 Å². The first-order valence-electron chi connectivity index (χ1n) is 7.54. The van der Waals surface area contributed by atoms with Gasteiger partial charge in [-0.2, -0.15) is 0 Å². The van der Waals surface area contributed by atoms with Gasteiger partial charge in [0.1, 0.15) is 0 Å². The van der Waals surface area contributed by atoms with Crippen LogP contribution in [-0.2, 0) is 0 Å². The number of nitrogens with zero attached hydrogens (tertiary/aromatic N) is 1. The summed E-state index contributed by atoms with van der Waals surface area (Å²) in [5.74, 6) is -0.00470. The molecule has 2 amide bonds. The minimum atomic E-state index is -0.196. The Labute approximate surface area is 124 Å². The van der Waals surface area contributed by atoms with Gasteiger partial charge >= 0.3 is 6.03 Å². The van der Waals surface area contributed by atoms with Crippen molar-refractivity contribution in [2.24, 2.45) is 0 Å². The molecule has 2 N–H and O–H groups in total. The third kappa shape index (κ3) is 3.61. The lowest BCUT2D eigenvalue weighted by molar-refractivity contribution is 0.101. The molecule has 5 nitrogen and oxygen atoms in total. The van der Waals surface area contributed by atoms with Crippen molar-refractivity contribution < 1.29 is 9.59 Å². The van der Waals surface area contributed by atoms with Crippen LogP contribution in [0.25, 0.3) is 0 Å². The number of benzene rings is 1. The molecule has 0 radical (unpaired) electrons. The van der Waals surface area contributed by atoms with Crippen LogP contribution >= 0.6 is 0 Å². The van der Waals surface area contributed by atoms with Gasteiger partial charge in [-0.1, -0.05) is 12.1 Å². The van der Waals surface area contributed by atoms with E-state index in [2.05, 4.69) is 15.5 Å². The van der Waals surface area contributed by atoms with Crippen molar-refractivity contribution in [3.05, 3.63) is 29.8 Å². The summed E-state index contributed by atoms with van der Waals surface area (Å²) in [6, 6.07) is 7.80. The molecular formula is C16H21N3O2. The summed E-state index contributed by atoms with van der Waals surface area (Å²) in [4.78, 5) is 25.8. The van der Waals surface area contributed by atoms with Crippen molar-refractivity contribution in [1.82, 2.24) is 10.2 Å². The average Bonchev–Trinajstić information content (AvgIpc) is 3.20. The number of rotatable bonds is 4. The van der Waals surface area contributed by atoms with Gasteiger partial charge in [-0.05, 0) is 38.3 Å². The topological polar surface area (TPSA) is 61.4 Å². The maximum atomic E-state index is 12.0. The number of hydrogen-bond donors (Lipinski definition) is 2. The zero-order valence-electron chi connectivity index (χ0n) is 12.3. The van der Waals surface area contributed by atoms with Crippen LogP contribution in [0.4, 0.5) is 10.5 Å². The summed E-state index contributed by atoms with van der Waals surface area (Å²) in [5.41, 5.74) is 1.26. The van der Waals surface area contributed by atoms with Crippen LogP contribution in [0.3, 0.4) is 0 Å². The highest BCUT2D eigenvalue weighted by Gasteiger charge is 2.34. The summed E-state index contributed by atoms with van der Waals surface area (Å²) in [6.07, 6.45) is 3.62. The molecular weight excluding hydrogens is 266 g/mol. The smallest absolute Gasteiger partial charge is 0.319 e. The van der Waals surface area contributed by atoms with E-state index in [1.165, 1.54) is 19.8 Å². The van der Waals surface area contributed by atoms with Gasteiger partial charge in [-0.3, -0.25) is 9.69 Å². The molecule has 1 heterocycles. The summed E-state index contributed by atoms with van der Waals surface area (Å²) >= 11 is 0. The van der Waals surface area contributed by atoms with E-state index in [4.69, 9.17) is 0 Å². The number of likely N-dealkylation sites (tertiary alicyclic amines) is 1. The van der Waals surface area contributed by atoms with Crippen molar-refractivity contribution in [3.63, 3.8) is 0 Å². The number of amides is 2. The van der Waals surface area contributed by atoms with Gasteiger partial charge in [-0.25, -0.2) is 4.79 Å². The number of urea groups is 1. The number of ketones is 1. The van der Waals surface area contributed by atoms with E-state index in [1.807, 2.05) is 0 Å². The highest BCUT2D eigenvalue weighted by molar-refractivity contribution is 5.96. The second kappa shape index (κ2) is 5.85. The van der Waals surface area contributed by atoms with Crippen molar-refractivity contribution in [2.45, 2.75) is 38.3 Å². The molecule has 3 rings (SSSR count). The zero-order valence-corrected chi connectivity index (χ0v) is 12.3. The van der Waals surface area contributed by atoms with E-state index in [0.717, 1.165) is 25.6 Å². The SMILES string of the molecule is CC(=O)c1cccc(NC(=O)NC2CCN(C3CC3)C2)c1. The van der Waals surface area contributed by atoms with Crippen LogP contribution in [0.1, 0.15) is 36.5 Å². The van der Waals surface area contributed by atoms with Crippen molar-refractivity contribution in [3.8, 4) is 0 Å². The molecule has 0 aromatic heterocycles. The fraction of sp³-hybridized carbons (Fsp3) is 0.500. The van der Waals surface area contributed by atoms with E-state index >= 15 is 0 Å². The molecule has 1 aromatic rings. The van der Waals surface area contributed by atoms with Gasteiger partial charge < -0.3 is 10.6 Å². The fourth-order valence-electron chi connectivity index (χ4n) is 2.84. The predicted octanol–water partition coefficient (Wildman–Crippen LogP) is 2.25. The molecule has 1 unspecified atom stereocenters. The Balaban J connectivity index is 1.52. The van der Waals surface area contributed by atoms with Crippen LogP contribution in [0.5, 0.6) is 0 Å². The molecule has 0 spiro atoms. The first-order valence-corrected chi connectivity index (χ1v) is 7.54. The Hall–Kier alpha value is -1.88. The fourth-order valence-corrected chi connectivity index (χ4v) is 2.84. The maximum Gasteiger partial charge on any atom is 0.319 e. The zero-order chi connectivity index (χ0) is 14.8. The third-order valence-corrected chi connectivity index (χ3v) is 4.15. The Bertz CT molecular complexity index is 554. The second-order valence-electron chi connectivity index (χ2n) is 5.95. The Morgan fingerprint density at radius 1 is 1.24 bits per heavy atom. The Morgan fingerprint density at radius 2 is 2.05 bits per heavy atom. The molecule has 1 saturated carbocycles. The van der Waals surface area contributed by atoms with E-state index in [9.17, 15) is 9.59 Å². The van der Waals surface area contributed by atoms with Gasteiger partial charge in [0, 0.05) is 36.4 Å². The lowest BCUT2D eigenvalue weighted by Gasteiger charge is -2.16. The molecule has 0 bridgehead atoms. The molecule has 1 aliphatic heterocycles. The Morgan fingerprint density at radius 3 is 2.76 bits per heavy atom. The lowest BCUT2D eigenvalue weighted by Crippen LogP contribution is -2.40. The minimum Gasteiger partial charge on any atom is -0.334 e. The normalized spacial score (nSPS) is 22.0. The van der Waals surface area contributed by atoms with Gasteiger partial charge in [-0.15, -0.1) is 0 Å². The first kappa shape index (κ1) is 14.1. The number of Topliss-reactive ketones (excluding diaryl/α,β-unsaturated/α-hetero) is 1. The number of nitrogens with one attached hydrogen (secondary N) is 2. The van der Waals surface area contributed by atoms with Crippen LogP contribution < -0.4 is 10.6 Å². The molecule has 2 fully saturated rings. The largest absolute Gasteiger partial charge is 0.334 e. The van der Waals surface area contributed by atoms with Gasteiger partial charge in [0.25, 0.3) is 0 Å². The second-order valence-corrected chi connectivity index (χ2v) is 5.95. The van der Waals surface area contributed by atoms with Crippen molar-refractivity contribution in [1.29, 1.82) is 0 Å². The van der Waals surface area contributed by atoms with Gasteiger partial charge in [0.2, 0.25) is 0 Å². The quantitative estimate of drug-likeness (QED) is 0.835. The lowest BCUT2D eigenvalue weighted by atomic mass is 10.1. The standard InChI is InChI=1S/C16H21N3O2/c1-11(20)12-3-2-4-13(9-12)17-16(21)18-14-7-8-19(10-14)15-5-6-15/h2-4,9,14-15H,5-8,10H2,1H3,(H2,17,18,21). The molecule has 1 saturated heterocycles. The number of anilines is 1. The third-order valence-electron chi connectivity index (χ3n) is 4.15. The highest BCUT2D eigenvalue weighted by atomic mass is 16.2. The predicted molar refractivity (Wildman–Crippen MR) is 81.6 cm³/mol. The molecule has 5 heteroatoms. The van der Waals surface area contributed by atoms with Crippen LogP contribution in [0, 0.1) is 0 Å². The summed E-state index contributed by atoms with van der Waals surface area (Å²) in [5, 5.41) is 5.82. The Kier molecular flexibility index (Phi) is 3.92. The molecule has 2 aliphatic rings. The van der Waals surface area contributed by atoms with Crippen molar-refractivity contribution >= 4 is 17.5 Å². The number of hydrogen-bond acceptors (Lipinski definition) is 3. The van der Waals surface area contributed by atoms with Crippen molar-refractivity contribution in [2.75, 3.05) is 18.4 Å². The molecule has 1 aromatic carbocycles. The number of carbonyl (C=O) groups excluding carboxylic acids is 2. The van der Waals surface area contributed by atoms with Gasteiger partial charge in [0.05, 0.1) is 0 Å². The molecule has 1 atom stereocenters. The summed E-state index contributed by atoms with van der Waals surface area (Å²) < 4.78 is 0. The maximum absolute atomic E-state index is 12.0. The van der Waals surface area contributed by atoms with E-state index in [1.54, 1.807) is 24.3 Å². The van der Waals surface area contributed by atoms with Crippen LogP contribution in [-0.4, -0.2) is 41.9 Å². The van der Waals surface area contributed by atoms with Gasteiger partial charge in [0.15, 0.2) is 5.78 Å². The van der Waals surface area contributed by atoms with Crippen LogP contribution in [0.2, 0.25) is 0 Å². The van der Waals surface area contributed by atoms with Crippen LogP contribution in [0.15, 0.2) is 24.3 Å². The monoisotopic (exact) mass is 287 g/mol. The minimum absolute atomic E-state index is 0.00470. The molecule has 1 aliphatic carbocycles. The summed E-state index contributed by atoms with van der Waals surface area (Å²) in [6.45, 7) is 3.55. The molecule has 21 heavy (non-hydrogen) atoms. The first-order chi connectivity index (χ1) is 10.1. The number of carbonyl (C=O) groups is 2.